The second kappa shape index (κ2) is 10.2. The Kier molecular flexibility index (Phi) is 6.50. The molecule has 0 unspecified atom stereocenters. The Morgan fingerprint density at radius 3 is 1.73 bits per heavy atom. The average Bonchev–Trinajstić information content (AvgIpc) is 3.62. The molecule has 0 aromatic heterocycles. The third kappa shape index (κ3) is 3.92. The van der Waals surface area contributed by atoms with Gasteiger partial charge in [0, 0.05) is 11.8 Å². The van der Waals surface area contributed by atoms with Gasteiger partial charge in [0.05, 0.1) is 43.9 Å². The Bertz CT molecular complexity index is 1470. The normalized spacial score (nSPS) is 22.5. The number of benzene rings is 3. The monoisotopic (exact) mass is 535 g/mol. The summed E-state index contributed by atoms with van der Waals surface area (Å²) >= 11 is 0. The van der Waals surface area contributed by atoms with Crippen LogP contribution in [0.25, 0.3) is 5.57 Å². The second-order valence-electron chi connectivity index (χ2n) is 10.0. The maximum atomic E-state index is 14.0. The summed E-state index contributed by atoms with van der Waals surface area (Å²) in [4.78, 5) is 41.8. The van der Waals surface area contributed by atoms with Crippen LogP contribution in [0.1, 0.15) is 28.4 Å². The summed E-state index contributed by atoms with van der Waals surface area (Å²) in [5.41, 5.74) is 4.50. The zero-order valence-electron chi connectivity index (χ0n) is 22.5. The zero-order valence-corrected chi connectivity index (χ0v) is 22.5. The van der Waals surface area contributed by atoms with Crippen LogP contribution in [0.2, 0.25) is 0 Å². The SMILES string of the molecule is CCOC(=O)c1ccccc1N1C(=O)[C@@H]2[C@H](C1=O)[C@H]1C=C[C@@H]2C1=C(c1ccc(OC)cc1)c1ccc(OC)cc1. The van der Waals surface area contributed by atoms with Crippen LogP contribution < -0.4 is 14.4 Å². The first-order chi connectivity index (χ1) is 19.5. The molecule has 2 amide bonds. The van der Waals surface area contributed by atoms with E-state index in [1.807, 2.05) is 48.5 Å². The number of nitrogens with zero attached hydrogens (tertiary/aromatic N) is 1. The van der Waals surface area contributed by atoms with E-state index in [4.69, 9.17) is 14.2 Å². The fraction of sp³-hybridized carbons (Fsp3) is 0.242. The fourth-order valence-corrected chi connectivity index (χ4v) is 6.40. The van der Waals surface area contributed by atoms with Crippen molar-refractivity contribution in [1.29, 1.82) is 0 Å². The summed E-state index contributed by atoms with van der Waals surface area (Å²) in [6.07, 6.45) is 4.11. The van der Waals surface area contributed by atoms with E-state index in [9.17, 15) is 14.4 Å². The van der Waals surface area contributed by atoms with Crippen molar-refractivity contribution in [2.75, 3.05) is 25.7 Å². The van der Waals surface area contributed by atoms with E-state index in [1.54, 1.807) is 45.4 Å². The lowest BCUT2D eigenvalue weighted by Crippen LogP contribution is -2.34. The quantitative estimate of drug-likeness (QED) is 0.232. The lowest BCUT2D eigenvalue weighted by Gasteiger charge is -2.23. The number of anilines is 1. The maximum Gasteiger partial charge on any atom is 0.340 e. The number of rotatable bonds is 7. The number of carbonyl (C=O) groups is 3. The fourth-order valence-electron chi connectivity index (χ4n) is 6.40. The third-order valence-electron chi connectivity index (χ3n) is 8.10. The molecule has 1 aliphatic heterocycles. The van der Waals surface area contributed by atoms with Crippen LogP contribution in [-0.2, 0) is 14.3 Å². The third-order valence-corrected chi connectivity index (χ3v) is 8.10. The van der Waals surface area contributed by atoms with Crippen molar-refractivity contribution in [3.63, 3.8) is 0 Å². The molecular weight excluding hydrogens is 506 g/mol. The number of ether oxygens (including phenoxy) is 3. The number of amides is 2. The number of para-hydroxylation sites is 1. The molecule has 1 saturated carbocycles. The number of fused-ring (bicyclic) bond motifs is 5. The van der Waals surface area contributed by atoms with Crippen LogP contribution in [0.15, 0.2) is 90.5 Å². The molecule has 202 valence electrons. The van der Waals surface area contributed by atoms with Gasteiger partial charge in [-0.1, -0.05) is 48.6 Å². The smallest absolute Gasteiger partial charge is 0.340 e. The first-order valence-corrected chi connectivity index (χ1v) is 13.3. The minimum absolute atomic E-state index is 0.196. The van der Waals surface area contributed by atoms with Crippen molar-refractivity contribution in [3.8, 4) is 11.5 Å². The molecule has 2 fully saturated rings. The van der Waals surface area contributed by atoms with Gasteiger partial charge in [0.2, 0.25) is 11.8 Å². The van der Waals surface area contributed by atoms with E-state index >= 15 is 0 Å². The Hall–Kier alpha value is -4.65. The highest BCUT2D eigenvalue weighted by Crippen LogP contribution is 2.59. The van der Waals surface area contributed by atoms with Crippen molar-refractivity contribution < 1.29 is 28.6 Å². The number of carbonyl (C=O) groups excluding carboxylic acids is 3. The van der Waals surface area contributed by atoms with Gasteiger partial charge >= 0.3 is 5.97 Å². The van der Waals surface area contributed by atoms with E-state index in [0.29, 0.717) is 0 Å². The molecule has 2 aliphatic carbocycles. The molecule has 7 nitrogen and oxygen atoms in total. The van der Waals surface area contributed by atoms with Crippen molar-refractivity contribution in [2.24, 2.45) is 23.7 Å². The molecule has 3 aromatic rings. The van der Waals surface area contributed by atoms with E-state index in [-0.39, 0.29) is 41.5 Å². The minimum atomic E-state index is -0.557. The lowest BCUT2D eigenvalue weighted by molar-refractivity contribution is -0.122. The largest absolute Gasteiger partial charge is 0.497 e. The Morgan fingerprint density at radius 1 is 0.750 bits per heavy atom. The Labute approximate surface area is 232 Å². The summed E-state index contributed by atoms with van der Waals surface area (Å²) in [5, 5.41) is 0. The zero-order chi connectivity index (χ0) is 28.0. The van der Waals surface area contributed by atoms with Gasteiger partial charge in [-0.2, -0.15) is 0 Å². The van der Waals surface area contributed by atoms with Crippen LogP contribution in [0.5, 0.6) is 11.5 Å². The van der Waals surface area contributed by atoms with Gasteiger partial charge in [-0.05, 0) is 65.6 Å². The molecule has 4 atom stereocenters. The van der Waals surface area contributed by atoms with Crippen LogP contribution in [0.3, 0.4) is 0 Å². The van der Waals surface area contributed by atoms with Gasteiger partial charge in [0.15, 0.2) is 0 Å². The van der Waals surface area contributed by atoms with Gasteiger partial charge in [-0.15, -0.1) is 0 Å². The van der Waals surface area contributed by atoms with Gasteiger partial charge in [-0.25, -0.2) is 9.69 Å². The number of hydrogen-bond donors (Lipinski definition) is 0. The van der Waals surface area contributed by atoms with Crippen molar-refractivity contribution in [1.82, 2.24) is 0 Å². The van der Waals surface area contributed by atoms with Crippen molar-refractivity contribution in [2.45, 2.75) is 6.92 Å². The van der Waals surface area contributed by atoms with Crippen LogP contribution >= 0.6 is 0 Å². The van der Waals surface area contributed by atoms with Gasteiger partial charge in [0.1, 0.15) is 11.5 Å². The highest BCUT2D eigenvalue weighted by atomic mass is 16.5. The predicted molar refractivity (Wildman–Crippen MR) is 150 cm³/mol. The Balaban J connectivity index is 1.45. The number of allylic oxidation sites excluding steroid dienone is 3. The van der Waals surface area contributed by atoms with Gasteiger partial charge < -0.3 is 14.2 Å². The second-order valence-corrected chi connectivity index (χ2v) is 10.0. The molecule has 0 spiro atoms. The summed E-state index contributed by atoms with van der Waals surface area (Å²) < 4.78 is 16.0. The molecule has 1 saturated heterocycles. The number of hydrogen-bond acceptors (Lipinski definition) is 6. The number of imide groups is 1. The topological polar surface area (TPSA) is 82.1 Å². The van der Waals surface area contributed by atoms with Crippen molar-refractivity contribution >= 4 is 29.0 Å². The standard InChI is InChI=1S/C33H29NO6/c1-4-40-33(37)23-7-5-6-8-26(23)34-31(35)29-24-17-18-25(30(29)32(34)36)28(24)27(19-9-13-21(38-2)14-10-19)20-11-15-22(39-3)16-12-20/h5-18,24-25,29-30H,4H2,1-3H3/t24-,25+,29+,30-. The van der Waals surface area contributed by atoms with Gasteiger partial charge in [-0.3, -0.25) is 9.59 Å². The highest BCUT2D eigenvalue weighted by Gasteiger charge is 2.62. The maximum absolute atomic E-state index is 14.0. The van der Waals surface area contributed by atoms with E-state index in [2.05, 4.69) is 12.2 Å². The van der Waals surface area contributed by atoms with E-state index < -0.39 is 17.8 Å². The van der Waals surface area contributed by atoms with E-state index in [0.717, 1.165) is 33.8 Å². The van der Waals surface area contributed by atoms with Crippen LogP contribution in [-0.4, -0.2) is 38.6 Å². The summed E-state index contributed by atoms with van der Waals surface area (Å²) in [6.45, 7) is 1.92. The summed E-state index contributed by atoms with van der Waals surface area (Å²) in [7, 11) is 3.26. The number of esters is 1. The Morgan fingerprint density at radius 2 is 1.25 bits per heavy atom. The van der Waals surface area contributed by atoms with E-state index in [1.165, 1.54) is 4.90 Å². The van der Waals surface area contributed by atoms with Crippen LogP contribution in [0, 0.1) is 23.7 Å². The van der Waals surface area contributed by atoms with Gasteiger partial charge in [0.25, 0.3) is 0 Å². The van der Waals surface area contributed by atoms with Crippen LogP contribution in [0.4, 0.5) is 5.69 Å². The molecule has 6 rings (SSSR count). The van der Waals surface area contributed by atoms with Crippen molar-refractivity contribution in [3.05, 3.63) is 107 Å². The molecule has 1 heterocycles. The predicted octanol–water partition coefficient (Wildman–Crippen LogP) is 5.30. The molecule has 2 bridgehead atoms. The molecular formula is C33H29NO6. The molecule has 0 N–H and O–H groups in total. The molecule has 40 heavy (non-hydrogen) atoms. The molecule has 3 aliphatic rings. The lowest BCUT2D eigenvalue weighted by atomic mass is 9.85. The first kappa shape index (κ1) is 25.6. The molecule has 3 aromatic carbocycles. The summed E-state index contributed by atoms with van der Waals surface area (Å²) in [6, 6.07) is 22.3. The minimum Gasteiger partial charge on any atom is -0.497 e. The summed E-state index contributed by atoms with van der Waals surface area (Å²) in [5.74, 6) is -1.22. The average molecular weight is 536 g/mol. The molecule has 7 heteroatoms. The first-order valence-electron chi connectivity index (χ1n) is 13.3. The number of methoxy groups -OCH3 is 2. The highest BCUT2D eigenvalue weighted by molar-refractivity contribution is 6.25. The molecule has 0 radical (unpaired) electrons.